The Morgan fingerprint density at radius 1 is 1.08 bits per heavy atom. The molecule has 0 radical (unpaired) electrons. The van der Waals surface area contributed by atoms with Crippen LogP contribution in [0.25, 0.3) is 16.8 Å². The first kappa shape index (κ1) is 26.3. The summed E-state index contributed by atoms with van der Waals surface area (Å²) in [7, 11) is -3.65. The van der Waals surface area contributed by atoms with E-state index in [0.29, 0.717) is 5.56 Å². The molecule has 0 aliphatic carbocycles. The predicted molar refractivity (Wildman–Crippen MR) is 127 cm³/mol. The van der Waals surface area contributed by atoms with Crippen molar-refractivity contribution >= 4 is 21.5 Å². The molecule has 2 heterocycles. The average molecular weight is 536 g/mol. The fraction of sp³-hybridized carbons (Fsp3) is 0.240. The summed E-state index contributed by atoms with van der Waals surface area (Å²) in [6.45, 7) is 1.42. The quantitative estimate of drug-likeness (QED) is 0.345. The van der Waals surface area contributed by atoms with Gasteiger partial charge in [-0.25, -0.2) is 22.3 Å². The van der Waals surface area contributed by atoms with E-state index in [0.717, 1.165) is 18.4 Å². The van der Waals surface area contributed by atoms with Crippen LogP contribution in [0, 0.1) is 5.82 Å². The van der Waals surface area contributed by atoms with Gasteiger partial charge < -0.3 is 5.11 Å². The predicted octanol–water partition coefficient (Wildman–Crippen LogP) is 4.68. The SMILES string of the molecule is C[C@](Cc1cccc(F)c1)(C(=O)O)c1ccnc2c(-c3ccc(C(F)(F)F)cc3)c(CS(C)(=O)=O)nn12. The lowest BCUT2D eigenvalue weighted by molar-refractivity contribution is -0.143. The normalized spacial score (nSPS) is 14.0. The summed E-state index contributed by atoms with van der Waals surface area (Å²) in [5.74, 6) is -2.34. The summed E-state index contributed by atoms with van der Waals surface area (Å²) in [5.41, 5.74) is -1.54. The summed E-state index contributed by atoms with van der Waals surface area (Å²) < 4.78 is 78.6. The number of rotatable bonds is 7. The Kier molecular flexibility index (Phi) is 6.57. The van der Waals surface area contributed by atoms with E-state index in [9.17, 15) is 35.9 Å². The Balaban J connectivity index is 1.95. The van der Waals surface area contributed by atoms with Crippen LogP contribution in [0.5, 0.6) is 0 Å². The van der Waals surface area contributed by atoms with Crippen molar-refractivity contribution in [1.29, 1.82) is 0 Å². The Hall–Kier alpha value is -3.80. The maximum atomic E-state index is 13.8. The van der Waals surface area contributed by atoms with Gasteiger partial charge in [-0.05, 0) is 54.8 Å². The fourth-order valence-electron chi connectivity index (χ4n) is 4.21. The largest absolute Gasteiger partial charge is 0.481 e. The van der Waals surface area contributed by atoms with Gasteiger partial charge in [-0.1, -0.05) is 24.3 Å². The molecular formula is C25H21F4N3O4S. The maximum Gasteiger partial charge on any atom is 0.416 e. The number of alkyl halides is 3. The second kappa shape index (κ2) is 9.25. The molecule has 1 atom stereocenters. The van der Waals surface area contributed by atoms with Crippen LogP contribution >= 0.6 is 0 Å². The lowest BCUT2D eigenvalue weighted by Crippen LogP contribution is -2.37. The average Bonchev–Trinajstić information content (AvgIpc) is 3.14. The lowest BCUT2D eigenvalue weighted by atomic mass is 9.80. The molecular weight excluding hydrogens is 514 g/mol. The van der Waals surface area contributed by atoms with Crippen molar-refractivity contribution < 1.29 is 35.9 Å². The fourth-order valence-corrected chi connectivity index (χ4v) is 4.91. The first-order valence-electron chi connectivity index (χ1n) is 10.9. The van der Waals surface area contributed by atoms with E-state index >= 15 is 0 Å². The number of sulfone groups is 1. The van der Waals surface area contributed by atoms with E-state index in [-0.39, 0.29) is 34.6 Å². The number of benzene rings is 2. The summed E-state index contributed by atoms with van der Waals surface area (Å²) in [6, 6.07) is 11.0. The second-order valence-electron chi connectivity index (χ2n) is 8.98. The highest BCUT2D eigenvalue weighted by atomic mass is 32.2. The van der Waals surface area contributed by atoms with Crippen molar-refractivity contribution in [1.82, 2.24) is 14.6 Å². The van der Waals surface area contributed by atoms with E-state index in [2.05, 4.69) is 10.1 Å². The molecule has 4 rings (SSSR count). The molecule has 0 spiro atoms. The number of hydrogen-bond acceptors (Lipinski definition) is 5. The molecule has 0 amide bonds. The summed E-state index contributed by atoms with van der Waals surface area (Å²) in [4.78, 5) is 16.8. The van der Waals surface area contributed by atoms with Crippen LogP contribution in [0.15, 0.2) is 60.8 Å². The van der Waals surface area contributed by atoms with Gasteiger partial charge in [0.1, 0.15) is 11.2 Å². The van der Waals surface area contributed by atoms with Crippen molar-refractivity contribution in [2.75, 3.05) is 6.26 Å². The minimum atomic E-state index is -4.57. The van der Waals surface area contributed by atoms with Crippen LogP contribution in [0.1, 0.15) is 29.4 Å². The van der Waals surface area contributed by atoms with Gasteiger partial charge in [-0.3, -0.25) is 4.79 Å². The molecule has 7 nitrogen and oxygen atoms in total. The molecule has 0 fully saturated rings. The van der Waals surface area contributed by atoms with Gasteiger partial charge in [0.2, 0.25) is 0 Å². The highest BCUT2D eigenvalue weighted by Gasteiger charge is 2.39. The molecule has 1 N–H and O–H groups in total. The van der Waals surface area contributed by atoms with Gasteiger partial charge in [0.05, 0.1) is 28.3 Å². The van der Waals surface area contributed by atoms with Crippen LogP contribution in [0.2, 0.25) is 0 Å². The minimum absolute atomic E-state index is 0.000651. The monoisotopic (exact) mass is 535 g/mol. The number of carboxylic acids is 1. The highest BCUT2D eigenvalue weighted by molar-refractivity contribution is 7.89. The van der Waals surface area contributed by atoms with E-state index in [1.807, 2.05) is 0 Å². The Morgan fingerprint density at radius 2 is 1.76 bits per heavy atom. The first-order valence-corrected chi connectivity index (χ1v) is 13.0. The number of nitrogens with zero attached hydrogens (tertiary/aromatic N) is 3. The van der Waals surface area contributed by atoms with Gasteiger partial charge in [-0.15, -0.1) is 0 Å². The molecule has 0 aliphatic heterocycles. The van der Waals surface area contributed by atoms with Crippen molar-refractivity contribution in [2.24, 2.45) is 0 Å². The Bertz CT molecular complexity index is 1600. The number of aromatic nitrogens is 3. The van der Waals surface area contributed by atoms with E-state index in [1.165, 1.54) is 54.0 Å². The van der Waals surface area contributed by atoms with E-state index in [1.54, 1.807) is 6.07 Å². The molecule has 0 aliphatic rings. The summed E-state index contributed by atoms with van der Waals surface area (Å²) in [5, 5.41) is 14.6. The highest BCUT2D eigenvalue weighted by Crippen LogP contribution is 2.36. The third kappa shape index (κ3) is 5.33. The molecule has 0 unspecified atom stereocenters. The molecule has 0 saturated carbocycles. The van der Waals surface area contributed by atoms with Crippen molar-refractivity contribution in [3.63, 3.8) is 0 Å². The summed E-state index contributed by atoms with van der Waals surface area (Å²) in [6.07, 6.45) is -2.40. The molecule has 194 valence electrons. The molecule has 4 aromatic rings. The van der Waals surface area contributed by atoms with Crippen LogP contribution in [0.4, 0.5) is 17.6 Å². The topological polar surface area (TPSA) is 102 Å². The zero-order chi connectivity index (χ0) is 27.2. The third-order valence-corrected chi connectivity index (χ3v) is 6.77. The number of carboxylic acid groups (broad SMARTS) is 1. The van der Waals surface area contributed by atoms with Crippen molar-refractivity contribution in [3.8, 4) is 11.1 Å². The van der Waals surface area contributed by atoms with E-state index < -0.39 is 44.5 Å². The molecule has 2 aromatic heterocycles. The van der Waals surface area contributed by atoms with Crippen molar-refractivity contribution in [3.05, 3.63) is 89.1 Å². The molecule has 0 saturated heterocycles. The molecule has 12 heteroatoms. The zero-order valence-corrected chi connectivity index (χ0v) is 20.4. The minimum Gasteiger partial charge on any atom is -0.481 e. The molecule has 37 heavy (non-hydrogen) atoms. The number of hydrogen-bond donors (Lipinski definition) is 1. The molecule has 2 aromatic carbocycles. The number of fused-ring (bicyclic) bond motifs is 1. The van der Waals surface area contributed by atoms with Crippen LogP contribution in [0.3, 0.4) is 0 Å². The third-order valence-electron chi connectivity index (χ3n) is 5.97. The Morgan fingerprint density at radius 3 is 2.32 bits per heavy atom. The first-order chi connectivity index (χ1) is 17.2. The van der Waals surface area contributed by atoms with Crippen molar-refractivity contribution in [2.45, 2.75) is 30.7 Å². The smallest absolute Gasteiger partial charge is 0.416 e. The lowest BCUT2D eigenvalue weighted by Gasteiger charge is -2.26. The van der Waals surface area contributed by atoms with Crippen LogP contribution in [-0.2, 0) is 38.4 Å². The number of carbonyl (C=O) groups is 1. The van der Waals surface area contributed by atoms with Crippen LogP contribution in [-0.4, -0.2) is 40.3 Å². The van der Waals surface area contributed by atoms with Gasteiger partial charge >= 0.3 is 12.1 Å². The molecule has 0 bridgehead atoms. The van der Waals surface area contributed by atoms with Gasteiger partial charge in [-0.2, -0.15) is 18.3 Å². The van der Waals surface area contributed by atoms with E-state index in [4.69, 9.17) is 0 Å². The Labute approximate surface area is 209 Å². The van der Waals surface area contributed by atoms with Gasteiger partial charge in [0.15, 0.2) is 15.5 Å². The second-order valence-corrected chi connectivity index (χ2v) is 11.1. The number of halogens is 4. The zero-order valence-electron chi connectivity index (χ0n) is 19.6. The number of aliphatic carboxylic acids is 1. The maximum absolute atomic E-state index is 13.8. The van der Waals surface area contributed by atoms with Gasteiger partial charge in [0.25, 0.3) is 0 Å². The summed E-state index contributed by atoms with van der Waals surface area (Å²) >= 11 is 0. The van der Waals surface area contributed by atoms with Crippen LogP contribution < -0.4 is 0 Å². The standard InChI is InChI=1S/C25H21F4N3O4S/c1-24(23(33)34,13-15-4-3-5-18(26)12-15)20-10-11-30-22-21(19(31-32(20)22)14-37(2,35)36)16-6-8-17(9-7-16)25(27,28)29/h3-12H,13-14H2,1-2H3,(H,33,34)/t24-/m1/s1. The van der Waals surface area contributed by atoms with Gasteiger partial charge in [0, 0.05) is 12.5 Å².